The molecule has 2 fully saturated rings. The Kier molecular flexibility index (Phi) is 3.21. The number of hydrogen-bond donors (Lipinski definition) is 1. The molecule has 4 rings (SSSR count). The van der Waals surface area contributed by atoms with Gasteiger partial charge in [0.25, 0.3) is 5.91 Å². The van der Waals surface area contributed by atoms with Gasteiger partial charge in [0.2, 0.25) is 6.79 Å². The average Bonchev–Trinajstić information content (AvgIpc) is 3.10. The third-order valence-electron chi connectivity index (χ3n) is 4.57. The van der Waals surface area contributed by atoms with Crippen molar-refractivity contribution in [3.05, 3.63) is 23.8 Å². The second-order valence-electron chi connectivity index (χ2n) is 6.05. The molecule has 7 nitrogen and oxygen atoms in total. The standard InChI is InChI=1S/C16H17N3O4/c20-14-16(6-2-1-3-7-16)18-15(21)19(14)17-9-11-4-5-12-13(8-11)23-10-22-12/h4-5,8-9H,1-3,6-7,10H2,(H,18,21)/b17-9-. The summed E-state index contributed by atoms with van der Waals surface area (Å²) in [5.74, 6) is 1.06. The van der Waals surface area contributed by atoms with Gasteiger partial charge < -0.3 is 14.8 Å². The third-order valence-corrected chi connectivity index (χ3v) is 4.57. The second-order valence-corrected chi connectivity index (χ2v) is 6.05. The summed E-state index contributed by atoms with van der Waals surface area (Å²) in [6, 6.07) is 4.89. The fraction of sp³-hybridized carbons (Fsp3) is 0.438. The summed E-state index contributed by atoms with van der Waals surface area (Å²) >= 11 is 0. The van der Waals surface area contributed by atoms with Crippen molar-refractivity contribution in [2.75, 3.05) is 6.79 Å². The van der Waals surface area contributed by atoms with Crippen LogP contribution in [0.1, 0.15) is 37.7 Å². The van der Waals surface area contributed by atoms with Crippen LogP contribution in [-0.4, -0.2) is 35.5 Å². The van der Waals surface area contributed by atoms with Crippen molar-refractivity contribution >= 4 is 18.2 Å². The van der Waals surface area contributed by atoms with Crippen LogP contribution in [0.4, 0.5) is 4.79 Å². The third kappa shape index (κ3) is 2.32. The molecule has 120 valence electrons. The topological polar surface area (TPSA) is 80.2 Å². The Hall–Kier alpha value is -2.57. The minimum Gasteiger partial charge on any atom is -0.454 e. The van der Waals surface area contributed by atoms with E-state index in [9.17, 15) is 9.59 Å². The Morgan fingerprint density at radius 1 is 1.13 bits per heavy atom. The number of rotatable bonds is 2. The van der Waals surface area contributed by atoms with Crippen LogP contribution in [-0.2, 0) is 4.79 Å². The highest BCUT2D eigenvalue weighted by Gasteiger charge is 2.51. The summed E-state index contributed by atoms with van der Waals surface area (Å²) < 4.78 is 10.5. The molecular weight excluding hydrogens is 298 g/mol. The maximum Gasteiger partial charge on any atom is 0.346 e. The molecule has 3 aliphatic rings. The van der Waals surface area contributed by atoms with Crippen LogP contribution in [0.15, 0.2) is 23.3 Å². The van der Waals surface area contributed by atoms with E-state index in [1.54, 1.807) is 18.2 Å². The average molecular weight is 315 g/mol. The molecule has 23 heavy (non-hydrogen) atoms. The lowest BCUT2D eigenvalue weighted by molar-refractivity contribution is -0.132. The molecule has 1 aliphatic carbocycles. The number of carbonyl (C=O) groups is 2. The van der Waals surface area contributed by atoms with E-state index in [4.69, 9.17) is 9.47 Å². The molecule has 1 aromatic rings. The lowest BCUT2D eigenvalue weighted by atomic mass is 9.82. The van der Waals surface area contributed by atoms with Crippen molar-refractivity contribution in [3.8, 4) is 11.5 Å². The van der Waals surface area contributed by atoms with E-state index in [1.807, 2.05) is 0 Å². The van der Waals surface area contributed by atoms with Crippen LogP contribution < -0.4 is 14.8 Å². The second kappa shape index (κ2) is 5.26. The molecule has 0 atom stereocenters. The van der Waals surface area contributed by atoms with Gasteiger partial charge in [0.15, 0.2) is 11.5 Å². The SMILES string of the molecule is O=C1NC2(CCCCC2)C(=O)N1/N=C\c1ccc2c(c1)OCO2. The fourth-order valence-corrected chi connectivity index (χ4v) is 3.32. The number of ether oxygens (including phenoxy) is 2. The summed E-state index contributed by atoms with van der Waals surface area (Å²) in [6.45, 7) is 0.200. The molecule has 1 N–H and O–H groups in total. The van der Waals surface area contributed by atoms with Gasteiger partial charge in [-0.05, 0) is 36.6 Å². The monoisotopic (exact) mass is 315 g/mol. The summed E-state index contributed by atoms with van der Waals surface area (Å²) in [6.07, 6.45) is 5.87. The van der Waals surface area contributed by atoms with E-state index in [-0.39, 0.29) is 12.7 Å². The normalized spacial score (nSPS) is 22.2. The lowest BCUT2D eigenvalue weighted by Crippen LogP contribution is -2.48. The first-order chi connectivity index (χ1) is 11.2. The fourth-order valence-electron chi connectivity index (χ4n) is 3.32. The van der Waals surface area contributed by atoms with Crippen molar-refractivity contribution in [1.82, 2.24) is 10.3 Å². The Labute approximate surface area is 133 Å². The van der Waals surface area contributed by atoms with Crippen LogP contribution in [0.25, 0.3) is 0 Å². The molecule has 0 radical (unpaired) electrons. The smallest absolute Gasteiger partial charge is 0.346 e. The molecule has 0 aromatic heterocycles. The van der Waals surface area contributed by atoms with E-state index in [0.29, 0.717) is 24.3 Å². The van der Waals surface area contributed by atoms with E-state index in [2.05, 4.69) is 10.4 Å². The minimum absolute atomic E-state index is 0.200. The van der Waals surface area contributed by atoms with Gasteiger partial charge in [-0.2, -0.15) is 5.10 Å². The molecule has 1 saturated carbocycles. The maximum absolute atomic E-state index is 12.6. The molecular formula is C16H17N3O4. The number of benzene rings is 1. The summed E-state index contributed by atoms with van der Waals surface area (Å²) in [5.41, 5.74) is -0.0129. The minimum atomic E-state index is -0.748. The number of hydrazone groups is 1. The van der Waals surface area contributed by atoms with Crippen molar-refractivity contribution in [2.45, 2.75) is 37.6 Å². The van der Waals surface area contributed by atoms with Gasteiger partial charge in [0, 0.05) is 0 Å². The van der Waals surface area contributed by atoms with Gasteiger partial charge in [-0.25, -0.2) is 4.79 Å². The van der Waals surface area contributed by atoms with Gasteiger partial charge in [-0.1, -0.05) is 19.3 Å². The number of carbonyl (C=O) groups excluding carboxylic acids is 2. The molecule has 1 saturated heterocycles. The molecule has 0 unspecified atom stereocenters. The number of urea groups is 1. The number of nitrogens with zero attached hydrogens (tertiary/aromatic N) is 2. The van der Waals surface area contributed by atoms with Crippen molar-refractivity contribution < 1.29 is 19.1 Å². The van der Waals surface area contributed by atoms with Gasteiger partial charge in [0.1, 0.15) is 5.54 Å². The predicted octanol–water partition coefficient (Wildman–Crippen LogP) is 2.00. The molecule has 3 amide bonds. The van der Waals surface area contributed by atoms with Gasteiger partial charge in [-0.15, -0.1) is 5.01 Å². The molecule has 2 aliphatic heterocycles. The van der Waals surface area contributed by atoms with E-state index < -0.39 is 11.6 Å². The molecule has 0 bridgehead atoms. The van der Waals surface area contributed by atoms with E-state index in [1.165, 1.54) is 6.21 Å². The molecule has 1 aromatic carbocycles. The number of nitrogens with one attached hydrogen (secondary N) is 1. The predicted molar refractivity (Wildman–Crippen MR) is 81.4 cm³/mol. The molecule has 7 heteroatoms. The van der Waals surface area contributed by atoms with Crippen molar-refractivity contribution in [1.29, 1.82) is 0 Å². The first-order valence-corrected chi connectivity index (χ1v) is 7.78. The quantitative estimate of drug-likeness (QED) is 0.668. The Morgan fingerprint density at radius 3 is 2.74 bits per heavy atom. The number of fused-ring (bicyclic) bond motifs is 1. The maximum atomic E-state index is 12.6. The van der Waals surface area contributed by atoms with Crippen LogP contribution in [0, 0.1) is 0 Å². The van der Waals surface area contributed by atoms with E-state index >= 15 is 0 Å². The largest absolute Gasteiger partial charge is 0.454 e. The van der Waals surface area contributed by atoms with Crippen LogP contribution in [0.5, 0.6) is 11.5 Å². The zero-order valence-corrected chi connectivity index (χ0v) is 12.6. The van der Waals surface area contributed by atoms with Gasteiger partial charge >= 0.3 is 6.03 Å². The van der Waals surface area contributed by atoms with Crippen LogP contribution in [0.2, 0.25) is 0 Å². The highest BCUT2D eigenvalue weighted by Crippen LogP contribution is 2.34. The first kappa shape index (κ1) is 14.0. The van der Waals surface area contributed by atoms with Gasteiger partial charge in [-0.3, -0.25) is 4.79 Å². The zero-order chi connectivity index (χ0) is 15.9. The first-order valence-electron chi connectivity index (χ1n) is 7.78. The number of imide groups is 1. The van der Waals surface area contributed by atoms with Gasteiger partial charge in [0.05, 0.1) is 6.21 Å². The summed E-state index contributed by atoms with van der Waals surface area (Å²) in [5, 5.41) is 7.85. The zero-order valence-electron chi connectivity index (χ0n) is 12.6. The highest BCUT2D eigenvalue weighted by atomic mass is 16.7. The Balaban J connectivity index is 1.54. The number of hydrogen-bond acceptors (Lipinski definition) is 5. The molecule has 2 heterocycles. The van der Waals surface area contributed by atoms with Crippen LogP contribution in [0.3, 0.4) is 0 Å². The lowest BCUT2D eigenvalue weighted by Gasteiger charge is -2.29. The Bertz CT molecular complexity index is 695. The molecule has 1 spiro atoms. The summed E-state index contributed by atoms with van der Waals surface area (Å²) in [4.78, 5) is 24.7. The Morgan fingerprint density at radius 2 is 1.91 bits per heavy atom. The number of amides is 3. The highest BCUT2D eigenvalue weighted by molar-refractivity contribution is 6.07. The van der Waals surface area contributed by atoms with Crippen LogP contribution >= 0.6 is 0 Å². The summed E-state index contributed by atoms with van der Waals surface area (Å²) in [7, 11) is 0. The van der Waals surface area contributed by atoms with Crippen molar-refractivity contribution in [2.24, 2.45) is 5.10 Å². The van der Waals surface area contributed by atoms with Crippen molar-refractivity contribution in [3.63, 3.8) is 0 Å². The van der Waals surface area contributed by atoms with E-state index in [0.717, 1.165) is 29.8 Å².